The number of nitrogens with one attached hydrogen (secondary N) is 1. The molecule has 1 N–H and O–H groups in total. The summed E-state index contributed by atoms with van der Waals surface area (Å²) < 4.78 is 0. The van der Waals surface area contributed by atoms with E-state index in [1.165, 1.54) is 60.3 Å². The smallest absolute Gasteiger partial charge is 0.0465 e. The Labute approximate surface area is 143 Å². The molecule has 3 fully saturated rings. The summed E-state index contributed by atoms with van der Waals surface area (Å²) in [7, 11) is 0. The van der Waals surface area contributed by atoms with E-state index >= 15 is 0 Å². The van der Waals surface area contributed by atoms with E-state index in [0.29, 0.717) is 0 Å². The van der Waals surface area contributed by atoms with Crippen molar-refractivity contribution in [3.8, 4) is 0 Å². The molecule has 122 valence electrons. The van der Waals surface area contributed by atoms with Crippen molar-refractivity contribution in [1.29, 1.82) is 0 Å². The molecule has 0 spiro atoms. The van der Waals surface area contributed by atoms with Gasteiger partial charge in [-0.1, -0.05) is 30.7 Å². The lowest BCUT2D eigenvalue weighted by molar-refractivity contribution is 0.0153. The molecule has 1 heteroatoms. The molecule has 3 aromatic rings. The van der Waals surface area contributed by atoms with Gasteiger partial charge in [-0.2, -0.15) is 0 Å². The Morgan fingerprint density at radius 3 is 2.62 bits per heavy atom. The van der Waals surface area contributed by atoms with E-state index in [1.54, 1.807) is 5.56 Å². The molecule has 1 nitrogen and oxygen atoms in total. The van der Waals surface area contributed by atoms with Gasteiger partial charge >= 0.3 is 0 Å². The van der Waals surface area contributed by atoms with Crippen molar-refractivity contribution in [2.75, 3.05) is 0 Å². The maximum Gasteiger partial charge on any atom is 0.0465 e. The molecular formula is C23H25N. The van der Waals surface area contributed by atoms with Crippen LogP contribution in [0, 0.1) is 23.7 Å². The van der Waals surface area contributed by atoms with E-state index in [9.17, 15) is 0 Å². The van der Waals surface area contributed by atoms with Crippen LogP contribution in [0.5, 0.6) is 0 Å². The van der Waals surface area contributed by atoms with E-state index in [4.69, 9.17) is 0 Å². The molecule has 3 aliphatic carbocycles. The number of para-hydroxylation sites is 1. The van der Waals surface area contributed by atoms with Crippen molar-refractivity contribution in [2.24, 2.45) is 23.7 Å². The van der Waals surface area contributed by atoms with Crippen molar-refractivity contribution in [2.45, 2.75) is 44.4 Å². The number of benzene rings is 2. The summed E-state index contributed by atoms with van der Waals surface area (Å²) in [4.78, 5) is 3.58. The average molecular weight is 315 g/mol. The van der Waals surface area contributed by atoms with Gasteiger partial charge in [0.1, 0.15) is 0 Å². The molecule has 1 aromatic heterocycles. The lowest BCUT2D eigenvalue weighted by Gasteiger charge is -2.52. The first-order valence-electron chi connectivity index (χ1n) is 9.85. The minimum absolute atomic E-state index is 0.813. The largest absolute Gasteiger partial charge is 0.355 e. The third-order valence-electron chi connectivity index (χ3n) is 7.52. The number of rotatable bonds is 1. The molecule has 0 aliphatic heterocycles. The topological polar surface area (TPSA) is 15.8 Å². The van der Waals surface area contributed by atoms with Crippen LogP contribution < -0.4 is 0 Å². The quantitative estimate of drug-likeness (QED) is 0.546. The highest BCUT2D eigenvalue weighted by Crippen LogP contribution is 2.57. The second kappa shape index (κ2) is 4.88. The second-order valence-electron chi connectivity index (χ2n) is 8.76. The van der Waals surface area contributed by atoms with Crippen molar-refractivity contribution in [3.63, 3.8) is 0 Å². The molecular weight excluding hydrogens is 290 g/mol. The summed E-state index contributed by atoms with van der Waals surface area (Å²) >= 11 is 0. The van der Waals surface area contributed by atoms with Crippen LogP contribution in [0.4, 0.5) is 0 Å². The Bertz CT molecular complexity index is 914. The molecule has 3 saturated carbocycles. The van der Waals surface area contributed by atoms with Gasteiger partial charge in [0, 0.05) is 21.8 Å². The van der Waals surface area contributed by atoms with Gasteiger partial charge in [-0.25, -0.2) is 0 Å². The van der Waals surface area contributed by atoms with Gasteiger partial charge in [-0.05, 0) is 85.5 Å². The summed E-state index contributed by atoms with van der Waals surface area (Å²) in [5, 5.41) is 2.81. The van der Waals surface area contributed by atoms with Gasteiger partial charge in [-0.15, -0.1) is 0 Å². The zero-order valence-corrected chi connectivity index (χ0v) is 14.2. The van der Waals surface area contributed by atoms with E-state index in [-0.39, 0.29) is 0 Å². The molecule has 1 heterocycles. The van der Waals surface area contributed by atoms with Crippen molar-refractivity contribution >= 4 is 21.8 Å². The van der Waals surface area contributed by atoms with Crippen LogP contribution in [0.15, 0.2) is 42.5 Å². The first kappa shape index (κ1) is 13.5. The SMILES string of the molecule is c1ccc2c(c1)[nH]c1ccc(C3CC4CC5CCC3C(C5)C4)cc12. The monoisotopic (exact) mass is 315 g/mol. The lowest BCUT2D eigenvalue weighted by atomic mass is 9.53. The first-order valence-corrected chi connectivity index (χ1v) is 9.85. The highest BCUT2D eigenvalue weighted by atomic mass is 14.7. The third-order valence-corrected chi connectivity index (χ3v) is 7.52. The fourth-order valence-corrected chi connectivity index (χ4v) is 6.60. The van der Waals surface area contributed by atoms with Gasteiger partial charge in [0.05, 0.1) is 0 Å². The first-order chi connectivity index (χ1) is 11.8. The zero-order chi connectivity index (χ0) is 15.7. The molecule has 0 saturated heterocycles. The van der Waals surface area contributed by atoms with Gasteiger partial charge in [0.25, 0.3) is 0 Å². The van der Waals surface area contributed by atoms with Crippen LogP contribution in [0.3, 0.4) is 0 Å². The Balaban J connectivity index is 1.47. The number of aromatic amines is 1. The highest BCUT2D eigenvalue weighted by Gasteiger charge is 2.45. The summed E-state index contributed by atoms with van der Waals surface area (Å²) in [6.45, 7) is 0. The van der Waals surface area contributed by atoms with Crippen LogP contribution in [-0.2, 0) is 0 Å². The summed E-state index contributed by atoms with van der Waals surface area (Å²) in [5.41, 5.74) is 4.18. The van der Waals surface area contributed by atoms with Crippen LogP contribution in [0.25, 0.3) is 21.8 Å². The van der Waals surface area contributed by atoms with Crippen LogP contribution in [-0.4, -0.2) is 4.98 Å². The molecule has 2 aromatic carbocycles. The van der Waals surface area contributed by atoms with E-state index in [1.807, 2.05) is 0 Å². The molecule has 3 aliphatic rings. The Kier molecular flexibility index (Phi) is 2.75. The number of fused-ring (bicyclic) bond motifs is 5. The molecule has 3 bridgehead atoms. The minimum atomic E-state index is 0.813. The van der Waals surface area contributed by atoms with Crippen molar-refractivity contribution < 1.29 is 0 Å². The summed E-state index contributed by atoms with van der Waals surface area (Å²) in [6, 6.07) is 16.0. The van der Waals surface area contributed by atoms with Gasteiger partial charge in [0.15, 0.2) is 0 Å². The fourth-order valence-electron chi connectivity index (χ4n) is 6.60. The van der Waals surface area contributed by atoms with Crippen LogP contribution >= 0.6 is 0 Å². The van der Waals surface area contributed by atoms with Crippen LogP contribution in [0.2, 0.25) is 0 Å². The molecule has 5 atom stereocenters. The average Bonchev–Trinajstić information content (AvgIpc) is 2.97. The predicted molar refractivity (Wildman–Crippen MR) is 100 cm³/mol. The lowest BCUT2D eigenvalue weighted by Crippen LogP contribution is -2.41. The van der Waals surface area contributed by atoms with Gasteiger partial charge in [-0.3, -0.25) is 0 Å². The summed E-state index contributed by atoms with van der Waals surface area (Å²) in [6.07, 6.45) is 9.03. The zero-order valence-electron chi connectivity index (χ0n) is 14.2. The molecule has 0 amide bonds. The number of hydrogen-bond acceptors (Lipinski definition) is 0. The highest BCUT2D eigenvalue weighted by molar-refractivity contribution is 6.07. The minimum Gasteiger partial charge on any atom is -0.355 e. The maximum absolute atomic E-state index is 3.58. The van der Waals surface area contributed by atoms with Gasteiger partial charge in [0.2, 0.25) is 0 Å². The van der Waals surface area contributed by atoms with E-state index in [0.717, 1.165) is 29.6 Å². The second-order valence-corrected chi connectivity index (χ2v) is 8.76. The molecule has 24 heavy (non-hydrogen) atoms. The van der Waals surface area contributed by atoms with Gasteiger partial charge < -0.3 is 4.98 Å². The Hall–Kier alpha value is -1.76. The fraction of sp³-hybridized carbons (Fsp3) is 0.478. The number of H-pyrrole nitrogens is 1. The van der Waals surface area contributed by atoms with E-state index in [2.05, 4.69) is 47.4 Å². The molecule has 6 rings (SSSR count). The number of hydrogen-bond donors (Lipinski definition) is 1. The maximum atomic E-state index is 3.58. The predicted octanol–water partition coefficient (Wildman–Crippen LogP) is 6.25. The molecule has 0 radical (unpaired) electrons. The van der Waals surface area contributed by atoms with E-state index < -0.39 is 0 Å². The van der Waals surface area contributed by atoms with Crippen LogP contribution in [0.1, 0.15) is 50.0 Å². The normalized spacial score (nSPS) is 34.9. The van der Waals surface area contributed by atoms with Crippen molar-refractivity contribution in [3.05, 3.63) is 48.0 Å². The van der Waals surface area contributed by atoms with Crippen molar-refractivity contribution in [1.82, 2.24) is 4.98 Å². The summed E-state index contributed by atoms with van der Waals surface area (Å²) in [5.74, 6) is 4.88. The molecule has 5 unspecified atom stereocenters. The standard InChI is InChI=1S/C23H25N/c1-2-4-22-19(3-1)21-13-16(6-8-23(21)24-22)20-12-15-9-14-5-7-18(20)17(10-14)11-15/h1-4,6,8,13-15,17-18,20,24H,5,7,9-12H2. The number of aromatic nitrogens is 1. The Morgan fingerprint density at radius 1 is 0.750 bits per heavy atom. The Morgan fingerprint density at radius 2 is 1.62 bits per heavy atom. The third kappa shape index (κ3) is 1.87.